The van der Waals surface area contributed by atoms with Crippen LogP contribution in [0.5, 0.6) is 0 Å². The van der Waals surface area contributed by atoms with Crippen molar-refractivity contribution in [3.63, 3.8) is 0 Å². The van der Waals surface area contributed by atoms with Crippen LogP contribution in [0.4, 0.5) is 0 Å². The molecular formula is C15H16N4O3. The van der Waals surface area contributed by atoms with E-state index in [9.17, 15) is 4.79 Å². The Labute approximate surface area is 127 Å². The predicted octanol–water partition coefficient (Wildman–Crippen LogP) is 1.43. The van der Waals surface area contributed by atoms with Gasteiger partial charge in [0.15, 0.2) is 0 Å². The molecule has 0 N–H and O–H groups in total. The van der Waals surface area contributed by atoms with E-state index in [0.29, 0.717) is 31.2 Å². The van der Waals surface area contributed by atoms with Crippen molar-refractivity contribution in [2.45, 2.75) is 13.3 Å². The fraction of sp³-hybridized carbons (Fsp3) is 0.333. The summed E-state index contributed by atoms with van der Waals surface area (Å²) in [6.45, 7) is 2.84. The number of oxime groups is 1. The lowest BCUT2D eigenvalue weighted by atomic mass is 10.1. The summed E-state index contributed by atoms with van der Waals surface area (Å²) in [6.07, 6.45) is 0.367. The minimum Gasteiger partial charge on any atom is -0.399 e. The van der Waals surface area contributed by atoms with Gasteiger partial charge in [-0.25, -0.2) is 0 Å². The van der Waals surface area contributed by atoms with Crippen molar-refractivity contribution in [1.29, 1.82) is 0 Å². The fourth-order valence-electron chi connectivity index (χ4n) is 2.23. The summed E-state index contributed by atoms with van der Waals surface area (Å²) in [4.78, 5) is 22.7. The SMILES string of the molecule is CON=C1CN(C(=O)Cc2ccc(-c3noc(C)n3)cc2)C1. The van der Waals surface area contributed by atoms with Crippen LogP contribution < -0.4 is 0 Å². The van der Waals surface area contributed by atoms with E-state index in [2.05, 4.69) is 20.1 Å². The van der Waals surface area contributed by atoms with E-state index in [4.69, 9.17) is 4.52 Å². The molecule has 114 valence electrons. The van der Waals surface area contributed by atoms with Crippen molar-refractivity contribution in [2.24, 2.45) is 5.16 Å². The first-order chi connectivity index (χ1) is 10.7. The first-order valence-corrected chi connectivity index (χ1v) is 6.92. The Kier molecular flexibility index (Phi) is 3.86. The third-order valence-electron chi connectivity index (χ3n) is 3.41. The van der Waals surface area contributed by atoms with Gasteiger partial charge in [-0.3, -0.25) is 4.79 Å². The van der Waals surface area contributed by atoms with E-state index in [0.717, 1.165) is 16.8 Å². The van der Waals surface area contributed by atoms with Crippen molar-refractivity contribution < 1.29 is 14.2 Å². The number of aryl methyl sites for hydroxylation is 1. The van der Waals surface area contributed by atoms with Crippen LogP contribution in [0.2, 0.25) is 0 Å². The molecule has 0 saturated carbocycles. The van der Waals surface area contributed by atoms with Crippen molar-refractivity contribution >= 4 is 11.6 Å². The number of nitrogens with zero attached hydrogens (tertiary/aromatic N) is 4. The molecule has 0 aliphatic carbocycles. The fourth-order valence-corrected chi connectivity index (χ4v) is 2.23. The predicted molar refractivity (Wildman–Crippen MR) is 79.2 cm³/mol. The largest absolute Gasteiger partial charge is 0.399 e. The first kappa shape index (κ1) is 14.2. The van der Waals surface area contributed by atoms with Crippen LogP contribution in [0, 0.1) is 6.92 Å². The Morgan fingerprint density at radius 1 is 1.36 bits per heavy atom. The van der Waals surface area contributed by atoms with Gasteiger partial charge < -0.3 is 14.3 Å². The topological polar surface area (TPSA) is 80.8 Å². The quantitative estimate of drug-likeness (QED) is 0.798. The second-order valence-corrected chi connectivity index (χ2v) is 5.10. The third-order valence-corrected chi connectivity index (χ3v) is 3.41. The number of carbonyl (C=O) groups excluding carboxylic acids is 1. The zero-order valence-electron chi connectivity index (χ0n) is 12.4. The molecule has 1 aromatic carbocycles. The molecule has 1 aliphatic rings. The van der Waals surface area contributed by atoms with Gasteiger partial charge in [-0.15, -0.1) is 0 Å². The van der Waals surface area contributed by atoms with Gasteiger partial charge in [-0.05, 0) is 5.56 Å². The van der Waals surface area contributed by atoms with E-state index in [1.54, 1.807) is 11.8 Å². The van der Waals surface area contributed by atoms with Crippen LogP contribution in [-0.2, 0) is 16.1 Å². The Balaban J connectivity index is 1.60. The minimum absolute atomic E-state index is 0.0817. The smallest absolute Gasteiger partial charge is 0.227 e. The maximum absolute atomic E-state index is 12.1. The molecule has 0 radical (unpaired) electrons. The number of aromatic nitrogens is 2. The zero-order chi connectivity index (χ0) is 15.5. The lowest BCUT2D eigenvalue weighted by Crippen LogP contribution is -2.51. The molecule has 7 nitrogen and oxygen atoms in total. The van der Waals surface area contributed by atoms with Crippen LogP contribution in [0.3, 0.4) is 0 Å². The molecule has 0 atom stereocenters. The van der Waals surface area contributed by atoms with Gasteiger partial charge in [0.2, 0.25) is 17.6 Å². The molecule has 1 aromatic heterocycles. The summed E-state index contributed by atoms with van der Waals surface area (Å²) in [5.41, 5.74) is 2.70. The summed E-state index contributed by atoms with van der Waals surface area (Å²) in [5, 5.41) is 7.68. The molecule has 2 heterocycles. The maximum atomic E-state index is 12.1. The van der Waals surface area contributed by atoms with Gasteiger partial charge in [0, 0.05) is 12.5 Å². The molecule has 3 rings (SSSR count). The molecule has 1 fully saturated rings. The molecule has 1 aliphatic heterocycles. The van der Waals surface area contributed by atoms with E-state index in [-0.39, 0.29) is 5.91 Å². The Bertz CT molecular complexity index is 698. The van der Waals surface area contributed by atoms with Crippen molar-refractivity contribution in [3.05, 3.63) is 35.7 Å². The van der Waals surface area contributed by atoms with E-state index < -0.39 is 0 Å². The van der Waals surface area contributed by atoms with Gasteiger partial charge in [-0.2, -0.15) is 4.98 Å². The van der Waals surface area contributed by atoms with E-state index in [1.165, 1.54) is 7.11 Å². The molecule has 1 saturated heterocycles. The van der Waals surface area contributed by atoms with Crippen molar-refractivity contribution in [2.75, 3.05) is 20.2 Å². The van der Waals surface area contributed by atoms with Crippen LogP contribution in [0.25, 0.3) is 11.4 Å². The molecule has 7 heteroatoms. The normalized spacial score (nSPS) is 13.7. The van der Waals surface area contributed by atoms with Crippen LogP contribution in [0.1, 0.15) is 11.5 Å². The molecular weight excluding hydrogens is 284 g/mol. The average molecular weight is 300 g/mol. The van der Waals surface area contributed by atoms with Crippen LogP contribution in [-0.4, -0.2) is 46.9 Å². The summed E-state index contributed by atoms with van der Waals surface area (Å²) < 4.78 is 4.95. The first-order valence-electron chi connectivity index (χ1n) is 6.92. The highest BCUT2D eigenvalue weighted by atomic mass is 16.6. The lowest BCUT2D eigenvalue weighted by molar-refractivity contribution is -0.130. The van der Waals surface area contributed by atoms with Gasteiger partial charge in [-0.1, -0.05) is 34.6 Å². The zero-order valence-corrected chi connectivity index (χ0v) is 12.4. The second kappa shape index (κ2) is 5.97. The summed E-state index contributed by atoms with van der Waals surface area (Å²) in [7, 11) is 1.50. The molecule has 1 amide bonds. The highest BCUT2D eigenvalue weighted by molar-refractivity contribution is 5.99. The number of likely N-dealkylation sites (tertiary alicyclic amines) is 1. The molecule has 2 aromatic rings. The highest BCUT2D eigenvalue weighted by Crippen LogP contribution is 2.17. The monoisotopic (exact) mass is 300 g/mol. The number of benzene rings is 1. The number of amides is 1. The van der Waals surface area contributed by atoms with Crippen LogP contribution >= 0.6 is 0 Å². The minimum atomic E-state index is 0.0817. The molecule has 0 spiro atoms. The Hall–Kier alpha value is -2.70. The molecule has 0 unspecified atom stereocenters. The van der Waals surface area contributed by atoms with Crippen molar-refractivity contribution in [1.82, 2.24) is 15.0 Å². The lowest BCUT2D eigenvalue weighted by Gasteiger charge is -2.32. The van der Waals surface area contributed by atoms with Gasteiger partial charge in [0.05, 0.1) is 25.2 Å². The third kappa shape index (κ3) is 2.98. The Morgan fingerprint density at radius 2 is 2.09 bits per heavy atom. The number of hydrogen-bond donors (Lipinski definition) is 0. The average Bonchev–Trinajstić information content (AvgIpc) is 2.89. The summed E-state index contributed by atoms with van der Waals surface area (Å²) >= 11 is 0. The van der Waals surface area contributed by atoms with Gasteiger partial charge in [0.25, 0.3) is 0 Å². The van der Waals surface area contributed by atoms with E-state index >= 15 is 0 Å². The molecule has 0 bridgehead atoms. The number of rotatable bonds is 4. The van der Waals surface area contributed by atoms with Crippen LogP contribution in [0.15, 0.2) is 33.9 Å². The molecule has 22 heavy (non-hydrogen) atoms. The van der Waals surface area contributed by atoms with Gasteiger partial charge in [0.1, 0.15) is 7.11 Å². The highest BCUT2D eigenvalue weighted by Gasteiger charge is 2.27. The van der Waals surface area contributed by atoms with E-state index in [1.807, 2.05) is 24.3 Å². The second-order valence-electron chi connectivity index (χ2n) is 5.10. The van der Waals surface area contributed by atoms with Crippen molar-refractivity contribution in [3.8, 4) is 11.4 Å². The summed E-state index contributed by atoms with van der Waals surface area (Å²) in [5.74, 6) is 1.16. The summed E-state index contributed by atoms with van der Waals surface area (Å²) in [6, 6.07) is 7.59. The maximum Gasteiger partial charge on any atom is 0.227 e. The Morgan fingerprint density at radius 3 is 2.68 bits per heavy atom. The standard InChI is InChI=1S/C15H16N4O3/c1-10-16-15(18-22-10)12-5-3-11(4-6-12)7-14(20)19-8-13(9-19)17-21-2/h3-6H,7-9H2,1-2H3. The number of hydrogen-bond acceptors (Lipinski definition) is 6. The van der Waals surface area contributed by atoms with Gasteiger partial charge >= 0.3 is 0 Å². The number of carbonyl (C=O) groups is 1.